The molecule has 122 valence electrons. The van der Waals surface area contributed by atoms with E-state index in [9.17, 15) is 18.0 Å². The van der Waals surface area contributed by atoms with Crippen molar-refractivity contribution in [3.63, 3.8) is 0 Å². The van der Waals surface area contributed by atoms with E-state index in [2.05, 4.69) is 4.98 Å². The predicted octanol–water partition coefficient (Wildman–Crippen LogP) is 2.99. The number of aromatic nitrogens is 1. The number of furan rings is 1. The minimum Gasteiger partial charge on any atom is -0.472 e. The highest BCUT2D eigenvalue weighted by Gasteiger charge is 2.32. The number of amides is 1. The van der Waals surface area contributed by atoms with Gasteiger partial charge in [0.05, 0.1) is 18.4 Å². The molecule has 0 N–H and O–H groups in total. The fourth-order valence-corrected chi connectivity index (χ4v) is 2.35. The summed E-state index contributed by atoms with van der Waals surface area (Å²) in [5.74, 6) is 0.120. The minimum absolute atomic E-state index is 0.107. The van der Waals surface area contributed by atoms with E-state index in [-0.39, 0.29) is 23.7 Å². The van der Waals surface area contributed by atoms with Gasteiger partial charge in [0.1, 0.15) is 6.10 Å². The fraction of sp³-hybridized carbons (Fsp3) is 0.333. The summed E-state index contributed by atoms with van der Waals surface area (Å²) in [5, 5.41) is 0. The van der Waals surface area contributed by atoms with Crippen molar-refractivity contribution in [3.8, 4) is 5.88 Å². The molecule has 0 spiro atoms. The Kier molecular flexibility index (Phi) is 3.97. The number of hydrogen-bond donors (Lipinski definition) is 0. The van der Waals surface area contributed by atoms with Crippen LogP contribution in [0.3, 0.4) is 0 Å². The number of nitrogens with zero attached hydrogens (tertiary/aromatic N) is 2. The van der Waals surface area contributed by atoms with Crippen molar-refractivity contribution in [3.05, 3.63) is 48.0 Å². The maximum atomic E-state index is 12.5. The summed E-state index contributed by atoms with van der Waals surface area (Å²) in [4.78, 5) is 17.3. The molecule has 1 fully saturated rings. The smallest absolute Gasteiger partial charge is 0.417 e. The monoisotopic (exact) mass is 326 g/mol. The third-order valence-corrected chi connectivity index (χ3v) is 3.52. The van der Waals surface area contributed by atoms with Crippen LogP contribution in [0, 0.1) is 0 Å². The molecule has 3 heterocycles. The number of rotatable bonds is 3. The zero-order valence-electron chi connectivity index (χ0n) is 11.9. The molecular weight excluding hydrogens is 313 g/mol. The highest BCUT2D eigenvalue weighted by atomic mass is 19.4. The Balaban J connectivity index is 1.59. The lowest BCUT2D eigenvalue weighted by molar-refractivity contribution is -0.137. The lowest BCUT2D eigenvalue weighted by Crippen LogP contribution is -2.30. The molecule has 0 unspecified atom stereocenters. The van der Waals surface area contributed by atoms with Gasteiger partial charge in [0.2, 0.25) is 5.88 Å². The molecule has 0 aliphatic carbocycles. The van der Waals surface area contributed by atoms with Gasteiger partial charge in [-0.1, -0.05) is 0 Å². The van der Waals surface area contributed by atoms with Crippen LogP contribution in [0.4, 0.5) is 13.2 Å². The van der Waals surface area contributed by atoms with Gasteiger partial charge in [0, 0.05) is 25.2 Å². The molecule has 23 heavy (non-hydrogen) atoms. The Morgan fingerprint density at radius 1 is 1.35 bits per heavy atom. The van der Waals surface area contributed by atoms with Crippen LogP contribution in [0.5, 0.6) is 5.88 Å². The largest absolute Gasteiger partial charge is 0.472 e. The van der Waals surface area contributed by atoms with Crippen molar-refractivity contribution in [2.24, 2.45) is 0 Å². The molecule has 0 aromatic carbocycles. The van der Waals surface area contributed by atoms with E-state index < -0.39 is 11.7 Å². The lowest BCUT2D eigenvalue weighted by Gasteiger charge is -2.16. The van der Waals surface area contributed by atoms with Crippen LogP contribution in [-0.4, -0.2) is 35.0 Å². The van der Waals surface area contributed by atoms with Crippen LogP contribution in [-0.2, 0) is 6.18 Å². The predicted molar refractivity (Wildman–Crippen MR) is 72.9 cm³/mol. The highest BCUT2D eigenvalue weighted by molar-refractivity contribution is 5.91. The summed E-state index contributed by atoms with van der Waals surface area (Å²) in [5.41, 5.74) is -0.828. The van der Waals surface area contributed by atoms with Crippen molar-refractivity contribution in [1.82, 2.24) is 9.88 Å². The second kappa shape index (κ2) is 5.94. The molecular formula is C15H13F3N2O3. The molecule has 2 aromatic rings. The number of alkyl halides is 3. The summed E-state index contributed by atoms with van der Waals surface area (Å²) in [6.45, 7) is 0.826. The van der Waals surface area contributed by atoms with Gasteiger partial charge in [-0.25, -0.2) is 4.98 Å². The SMILES string of the molecule is O=C(c1ccco1)N1CC[C@@H](Oc2ccc(C(F)(F)F)cn2)C1. The normalized spacial score (nSPS) is 18.2. The Labute approximate surface area is 129 Å². The second-order valence-corrected chi connectivity index (χ2v) is 5.14. The zero-order valence-corrected chi connectivity index (χ0v) is 11.9. The Hall–Kier alpha value is -2.51. The average molecular weight is 326 g/mol. The van der Waals surface area contributed by atoms with Gasteiger partial charge < -0.3 is 14.1 Å². The van der Waals surface area contributed by atoms with Crippen LogP contribution in [0.1, 0.15) is 22.5 Å². The van der Waals surface area contributed by atoms with Gasteiger partial charge >= 0.3 is 6.18 Å². The first-order valence-corrected chi connectivity index (χ1v) is 6.96. The van der Waals surface area contributed by atoms with Gasteiger partial charge in [0.15, 0.2) is 5.76 Å². The average Bonchev–Trinajstić information content (AvgIpc) is 3.18. The standard InChI is InChI=1S/C15H13F3N2O3/c16-15(17,18)10-3-4-13(19-8-10)23-11-5-6-20(9-11)14(21)12-2-1-7-22-12/h1-4,7-8,11H,5-6,9H2/t11-/m1/s1. The Bertz CT molecular complexity index is 668. The number of halogens is 3. The van der Waals surface area contributed by atoms with E-state index in [1.165, 1.54) is 12.3 Å². The minimum atomic E-state index is -4.43. The summed E-state index contributed by atoms with van der Waals surface area (Å²) in [6, 6.07) is 5.31. The quantitative estimate of drug-likeness (QED) is 0.870. The van der Waals surface area contributed by atoms with Crippen molar-refractivity contribution in [2.45, 2.75) is 18.7 Å². The van der Waals surface area contributed by atoms with Gasteiger partial charge in [-0.2, -0.15) is 13.2 Å². The van der Waals surface area contributed by atoms with E-state index in [0.29, 0.717) is 19.5 Å². The number of likely N-dealkylation sites (tertiary alicyclic amines) is 1. The number of hydrogen-bond acceptors (Lipinski definition) is 4. The molecule has 1 saturated heterocycles. The first-order chi connectivity index (χ1) is 10.9. The van der Waals surface area contributed by atoms with E-state index >= 15 is 0 Å². The molecule has 1 amide bonds. The molecule has 3 rings (SSSR count). The van der Waals surface area contributed by atoms with E-state index in [1.54, 1.807) is 17.0 Å². The first kappa shape index (κ1) is 15.4. The first-order valence-electron chi connectivity index (χ1n) is 6.96. The van der Waals surface area contributed by atoms with E-state index in [0.717, 1.165) is 12.3 Å². The summed E-state index contributed by atoms with van der Waals surface area (Å²) in [6.07, 6.45) is -2.00. The van der Waals surface area contributed by atoms with Crippen LogP contribution < -0.4 is 4.74 Å². The number of pyridine rings is 1. The second-order valence-electron chi connectivity index (χ2n) is 5.14. The maximum absolute atomic E-state index is 12.5. The van der Waals surface area contributed by atoms with Crippen molar-refractivity contribution in [1.29, 1.82) is 0 Å². The number of carbonyl (C=O) groups excluding carboxylic acids is 1. The third-order valence-electron chi connectivity index (χ3n) is 3.52. The van der Waals surface area contributed by atoms with Gasteiger partial charge in [-0.3, -0.25) is 4.79 Å². The summed E-state index contributed by atoms with van der Waals surface area (Å²) < 4.78 is 48.0. The summed E-state index contributed by atoms with van der Waals surface area (Å²) >= 11 is 0. The van der Waals surface area contributed by atoms with Crippen molar-refractivity contribution in [2.75, 3.05) is 13.1 Å². The number of ether oxygens (including phenoxy) is 1. The molecule has 0 bridgehead atoms. The fourth-order valence-electron chi connectivity index (χ4n) is 2.35. The molecule has 5 nitrogen and oxygen atoms in total. The third kappa shape index (κ3) is 3.46. The zero-order chi connectivity index (χ0) is 16.4. The van der Waals surface area contributed by atoms with E-state index in [4.69, 9.17) is 9.15 Å². The van der Waals surface area contributed by atoms with Crippen LogP contribution in [0.2, 0.25) is 0 Å². The molecule has 1 atom stereocenters. The maximum Gasteiger partial charge on any atom is 0.417 e. The van der Waals surface area contributed by atoms with Crippen molar-refractivity contribution < 1.29 is 27.1 Å². The number of carbonyl (C=O) groups is 1. The van der Waals surface area contributed by atoms with Crippen LogP contribution >= 0.6 is 0 Å². The van der Waals surface area contributed by atoms with E-state index in [1.807, 2.05) is 0 Å². The van der Waals surface area contributed by atoms with Gasteiger partial charge in [-0.05, 0) is 18.2 Å². The molecule has 8 heteroatoms. The van der Waals surface area contributed by atoms with Gasteiger partial charge in [-0.15, -0.1) is 0 Å². The lowest BCUT2D eigenvalue weighted by atomic mass is 10.3. The Morgan fingerprint density at radius 2 is 2.17 bits per heavy atom. The van der Waals surface area contributed by atoms with Crippen LogP contribution in [0.25, 0.3) is 0 Å². The molecule has 0 saturated carbocycles. The van der Waals surface area contributed by atoms with Crippen LogP contribution in [0.15, 0.2) is 41.1 Å². The topological polar surface area (TPSA) is 55.6 Å². The molecule has 1 aliphatic rings. The molecule has 2 aromatic heterocycles. The van der Waals surface area contributed by atoms with Crippen molar-refractivity contribution >= 4 is 5.91 Å². The molecule has 0 radical (unpaired) electrons. The summed E-state index contributed by atoms with van der Waals surface area (Å²) in [7, 11) is 0. The molecule has 1 aliphatic heterocycles. The van der Waals surface area contributed by atoms with Gasteiger partial charge in [0.25, 0.3) is 5.91 Å². The highest BCUT2D eigenvalue weighted by Crippen LogP contribution is 2.29. The Morgan fingerprint density at radius 3 is 2.78 bits per heavy atom.